The van der Waals surface area contributed by atoms with Gasteiger partial charge in [-0.1, -0.05) is 0 Å². The Morgan fingerprint density at radius 3 is 2.72 bits per heavy atom. The number of nitro groups is 1. The maximum absolute atomic E-state index is 14.3. The summed E-state index contributed by atoms with van der Waals surface area (Å²) < 4.78 is 44.4. The second-order valence-electron chi connectivity index (χ2n) is 9.35. The SMILES string of the molecule is COc1ccc(CNc2ccc(C#N)cc2Nc2ncc([N+](=O)[O-])c(N[C@@H]3CCOc4c(F)cc(F)cc43)n2)c(OC)c1. The number of fused-ring (bicyclic) bond motifs is 1. The minimum atomic E-state index is -0.870. The smallest absolute Gasteiger partial charge is 0.329 e. The van der Waals surface area contributed by atoms with E-state index in [1.807, 2.05) is 6.07 Å². The number of nitrogens with one attached hydrogen (secondary N) is 3. The molecule has 0 saturated carbocycles. The average Bonchev–Trinajstić information content (AvgIpc) is 3.00. The van der Waals surface area contributed by atoms with Crippen LogP contribution < -0.4 is 30.2 Å². The van der Waals surface area contributed by atoms with Gasteiger partial charge in [0.15, 0.2) is 11.6 Å². The van der Waals surface area contributed by atoms with Gasteiger partial charge in [0.1, 0.15) is 23.5 Å². The van der Waals surface area contributed by atoms with Gasteiger partial charge in [0.05, 0.1) is 54.8 Å². The van der Waals surface area contributed by atoms with E-state index in [1.165, 1.54) is 0 Å². The number of ether oxygens (including phenoxy) is 3. The van der Waals surface area contributed by atoms with Gasteiger partial charge >= 0.3 is 5.69 Å². The molecule has 0 aliphatic carbocycles. The zero-order valence-corrected chi connectivity index (χ0v) is 23.0. The van der Waals surface area contributed by atoms with E-state index in [0.29, 0.717) is 41.0 Å². The Bertz CT molecular complexity index is 1730. The molecule has 0 unspecified atom stereocenters. The van der Waals surface area contributed by atoms with Crippen LogP contribution in [0.3, 0.4) is 0 Å². The standard InChI is InChI=1S/C29H25F2N7O5/c1-41-19-5-4-17(26(12-19)42-2)14-33-23-6-3-16(13-32)9-24(23)36-29-34-15-25(38(39)40)28(37-29)35-22-7-8-43-27-20(22)10-18(30)11-21(27)31/h3-6,9-12,15,22,33H,7-8,14H2,1-2H3,(H2,34,35,36,37)/t22-/m1/s1. The molecule has 5 rings (SSSR count). The molecular weight excluding hydrogens is 564 g/mol. The number of aromatic nitrogens is 2. The Balaban J connectivity index is 1.44. The fourth-order valence-electron chi connectivity index (χ4n) is 4.60. The molecule has 0 fully saturated rings. The first kappa shape index (κ1) is 28.8. The van der Waals surface area contributed by atoms with Crippen LogP contribution in [0, 0.1) is 33.1 Å². The molecule has 3 aromatic carbocycles. The van der Waals surface area contributed by atoms with E-state index in [0.717, 1.165) is 17.8 Å². The molecule has 0 amide bonds. The van der Waals surface area contributed by atoms with E-state index >= 15 is 0 Å². The lowest BCUT2D eigenvalue weighted by Gasteiger charge is -2.27. The van der Waals surface area contributed by atoms with Gasteiger partial charge in [0.2, 0.25) is 11.8 Å². The summed E-state index contributed by atoms with van der Waals surface area (Å²) in [5.74, 6) is -0.745. The van der Waals surface area contributed by atoms with Crippen molar-refractivity contribution in [2.24, 2.45) is 0 Å². The van der Waals surface area contributed by atoms with Gasteiger partial charge in [-0.3, -0.25) is 10.1 Å². The van der Waals surface area contributed by atoms with E-state index in [-0.39, 0.29) is 36.1 Å². The maximum atomic E-state index is 14.3. The van der Waals surface area contributed by atoms with Crippen molar-refractivity contribution in [1.29, 1.82) is 5.26 Å². The van der Waals surface area contributed by atoms with Crippen molar-refractivity contribution in [3.63, 3.8) is 0 Å². The summed E-state index contributed by atoms with van der Waals surface area (Å²) in [4.78, 5) is 19.5. The van der Waals surface area contributed by atoms with Crippen molar-refractivity contribution in [2.75, 3.05) is 36.8 Å². The Morgan fingerprint density at radius 2 is 1.98 bits per heavy atom. The van der Waals surface area contributed by atoms with Crippen LogP contribution in [0.5, 0.6) is 17.2 Å². The molecule has 1 aliphatic heterocycles. The van der Waals surface area contributed by atoms with Crippen molar-refractivity contribution in [2.45, 2.75) is 19.0 Å². The summed E-state index contributed by atoms with van der Waals surface area (Å²) in [6.45, 7) is 0.449. The number of nitrogens with zero attached hydrogens (tertiary/aromatic N) is 4. The van der Waals surface area contributed by atoms with Crippen molar-refractivity contribution in [1.82, 2.24) is 9.97 Å². The van der Waals surface area contributed by atoms with Gasteiger partial charge in [-0.05, 0) is 36.4 Å². The molecular formula is C29H25F2N7O5. The molecule has 1 aliphatic rings. The highest BCUT2D eigenvalue weighted by molar-refractivity contribution is 5.75. The summed E-state index contributed by atoms with van der Waals surface area (Å²) in [5, 5.41) is 30.5. The zero-order valence-electron chi connectivity index (χ0n) is 23.0. The number of halogens is 2. The molecule has 1 atom stereocenters. The average molecular weight is 590 g/mol. The second-order valence-corrected chi connectivity index (χ2v) is 9.35. The highest BCUT2D eigenvalue weighted by Crippen LogP contribution is 2.38. The molecule has 2 heterocycles. The first-order chi connectivity index (χ1) is 20.8. The fraction of sp³-hybridized carbons (Fsp3) is 0.207. The lowest BCUT2D eigenvalue weighted by atomic mass is 10.00. The highest BCUT2D eigenvalue weighted by Gasteiger charge is 2.28. The van der Waals surface area contributed by atoms with Gasteiger partial charge in [0, 0.05) is 36.2 Å². The lowest BCUT2D eigenvalue weighted by molar-refractivity contribution is -0.384. The number of methoxy groups -OCH3 is 2. The zero-order chi connectivity index (χ0) is 30.5. The second kappa shape index (κ2) is 12.4. The van der Waals surface area contributed by atoms with Gasteiger partial charge in [-0.15, -0.1) is 0 Å². The molecule has 14 heteroatoms. The van der Waals surface area contributed by atoms with Crippen LogP contribution >= 0.6 is 0 Å². The van der Waals surface area contributed by atoms with Crippen LogP contribution in [0.25, 0.3) is 0 Å². The summed E-state index contributed by atoms with van der Waals surface area (Å²) in [6, 6.07) is 13.5. The predicted octanol–water partition coefficient (Wildman–Crippen LogP) is 5.84. The van der Waals surface area contributed by atoms with E-state index in [9.17, 15) is 24.2 Å². The first-order valence-electron chi connectivity index (χ1n) is 12.9. The van der Waals surface area contributed by atoms with Crippen LogP contribution in [0.15, 0.2) is 54.7 Å². The minimum absolute atomic E-state index is 0.0222. The van der Waals surface area contributed by atoms with Gasteiger partial charge in [0.25, 0.3) is 0 Å². The minimum Gasteiger partial charge on any atom is -0.497 e. The molecule has 12 nitrogen and oxygen atoms in total. The fourth-order valence-corrected chi connectivity index (χ4v) is 4.60. The quantitative estimate of drug-likeness (QED) is 0.151. The molecule has 220 valence electrons. The highest BCUT2D eigenvalue weighted by atomic mass is 19.1. The van der Waals surface area contributed by atoms with Crippen LogP contribution in [0.4, 0.5) is 37.6 Å². The van der Waals surface area contributed by atoms with Crippen molar-refractivity contribution in [3.8, 4) is 23.3 Å². The number of rotatable bonds is 10. The summed E-state index contributed by atoms with van der Waals surface area (Å²) >= 11 is 0. The van der Waals surface area contributed by atoms with E-state index < -0.39 is 28.3 Å². The van der Waals surface area contributed by atoms with Gasteiger partial charge < -0.3 is 30.2 Å². The molecule has 0 radical (unpaired) electrons. The number of hydrogen-bond acceptors (Lipinski definition) is 11. The monoisotopic (exact) mass is 589 g/mol. The molecule has 0 saturated heterocycles. The topological polar surface area (TPSA) is 156 Å². The molecule has 43 heavy (non-hydrogen) atoms. The Morgan fingerprint density at radius 1 is 1.14 bits per heavy atom. The van der Waals surface area contributed by atoms with Crippen LogP contribution in [-0.4, -0.2) is 35.7 Å². The molecule has 1 aromatic heterocycles. The van der Waals surface area contributed by atoms with E-state index in [4.69, 9.17) is 14.2 Å². The first-order valence-corrected chi connectivity index (χ1v) is 12.9. The Hall–Kier alpha value is -5.71. The maximum Gasteiger partial charge on any atom is 0.329 e. The van der Waals surface area contributed by atoms with Crippen LogP contribution in [-0.2, 0) is 6.54 Å². The third-order valence-electron chi connectivity index (χ3n) is 6.70. The molecule has 0 spiro atoms. The largest absolute Gasteiger partial charge is 0.497 e. The number of nitriles is 1. The van der Waals surface area contributed by atoms with Gasteiger partial charge in [-0.2, -0.15) is 10.2 Å². The third kappa shape index (κ3) is 6.30. The predicted molar refractivity (Wildman–Crippen MR) is 153 cm³/mol. The number of benzene rings is 3. The third-order valence-corrected chi connectivity index (χ3v) is 6.70. The number of anilines is 4. The lowest BCUT2D eigenvalue weighted by Crippen LogP contribution is -2.22. The van der Waals surface area contributed by atoms with Crippen molar-refractivity contribution in [3.05, 3.63) is 93.2 Å². The molecule has 3 N–H and O–H groups in total. The Kier molecular flexibility index (Phi) is 8.33. The van der Waals surface area contributed by atoms with E-state index in [2.05, 4.69) is 32.0 Å². The number of hydrogen-bond donors (Lipinski definition) is 3. The Labute approximate surface area is 244 Å². The summed E-state index contributed by atoms with van der Waals surface area (Å²) in [7, 11) is 3.11. The summed E-state index contributed by atoms with van der Waals surface area (Å²) in [6.07, 6.45) is 1.29. The normalized spacial score (nSPS) is 13.6. The van der Waals surface area contributed by atoms with Crippen LogP contribution in [0.2, 0.25) is 0 Å². The van der Waals surface area contributed by atoms with Crippen molar-refractivity contribution < 1.29 is 27.9 Å². The van der Waals surface area contributed by atoms with Gasteiger partial charge in [-0.25, -0.2) is 13.8 Å². The molecule has 0 bridgehead atoms. The van der Waals surface area contributed by atoms with Crippen LogP contribution in [0.1, 0.15) is 29.2 Å². The summed E-state index contributed by atoms with van der Waals surface area (Å²) in [5.41, 5.74) is 1.92. The van der Waals surface area contributed by atoms with E-state index in [1.54, 1.807) is 44.6 Å². The molecule has 4 aromatic rings. The van der Waals surface area contributed by atoms with Crippen molar-refractivity contribution >= 4 is 28.8 Å².